The molecule has 2 aromatic carbocycles. The van der Waals surface area contributed by atoms with Gasteiger partial charge in [0, 0.05) is 25.2 Å². The Morgan fingerprint density at radius 1 is 0.963 bits per heavy atom. The molecule has 146 valence electrons. The van der Waals surface area contributed by atoms with E-state index in [9.17, 15) is 4.79 Å². The van der Waals surface area contributed by atoms with Crippen LogP contribution in [0.2, 0.25) is 0 Å². The van der Waals surface area contributed by atoms with E-state index in [0.717, 1.165) is 36.7 Å². The summed E-state index contributed by atoms with van der Waals surface area (Å²) in [4.78, 5) is 16.4. The molecule has 0 atom stereocenters. The van der Waals surface area contributed by atoms with Crippen LogP contribution in [0.1, 0.15) is 37.8 Å². The van der Waals surface area contributed by atoms with Crippen LogP contribution < -0.4 is 16.0 Å². The highest BCUT2D eigenvalue weighted by Crippen LogP contribution is 2.12. The quantitative estimate of drug-likeness (QED) is 0.300. The van der Waals surface area contributed by atoms with E-state index in [-0.39, 0.29) is 29.9 Å². The SMILES string of the molecule is CCCC(=O)Nc1cccc(CN=C(NCC)NCc2ccccc2)c1.I. The third-order valence-electron chi connectivity index (χ3n) is 3.75. The second-order valence-corrected chi connectivity index (χ2v) is 6.03. The van der Waals surface area contributed by atoms with Crippen molar-refractivity contribution in [1.82, 2.24) is 10.6 Å². The van der Waals surface area contributed by atoms with Crippen molar-refractivity contribution in [2.24, 2.45) is 4.99 Å². The number of halogens is 1. The van der Waals surface area contributed by atoms with Gasteiger partial charge in [-0.1, -0.05) is 49.4 Å². The summed E-state index contributed by atoms with van der Waals surface area (Å²) in [5, 5.41) is 9.52. The van der Waals surface area contributed by atoms with Crippen LogP contribution in [-0.2, 0) is 17.9 Å². The van der Waals surface area contributed by atoms with E-state index < -0.39 is 0 Å². The summed E-state index contributed by atoms with van der Waals surface area (Å²) in [7, 11) is 0. The maximum Gasteiger partial charge on any atom is 0.224 e. The maximum absolute atomic E-state index is 11.7. The molecule has 1 amide bonds. The lowest BCUT2D eigenvalue weighted by atomic mass is 10.2. The molecule has 27 heavy (non-hydrogen) atoms. The Kier molecular flexibility index (Phi) is 11.2. The molecule has 0 heterocycles. The molecule has 2 rings (SSSR count). The average Bonchev–Trinajstić information content (AvgIpc) is 2.65. The molecule has 0 unspecified atom stereocenters. The van der Waals surface area contributed by atoms with E-state index in [1.54, 1.807) is 0 Å². The van der Waals surface area contributed by atoms with Gasteiger partial charge in [0.1, 0.15) is 0 Å². The molecule has 0 saturated heterocycles. The van der Waals surface area contributed by atoms with Gasteiger partial charge in [-0.3, -0.25) is 4.79 Å². The number of benzene rings is 2. The summed E-state index contributed by atoms with van der Waals surface area (Å²) in [5.41, 5.74) is 3.08. The van der Waals surface area contributed by atoms with Crippen molar-refractivity contribution in [3.05, 3.63) is 65.7 Å². The molecule has 0 aliphatic carbocycles. The van der Waals surface area contributed by atoms with Crippen LogP contribution in [0.15, 0.2) is 59.6 Å². The van der Waals surface area contributed by atoms with Crippen LogP contribution in [-0.4, -0.2) is 18.4 Å². The van der Waals surface area contributed by atoms with Gasteiger partial charge in [-0.15, -0.1) is 24.0 Å². The fourth-order valence-corrected chi connectivity index (χ4v) is 2.49. The fourth-order valence-electron chi connectivity index (χ4n) is 2.49. The van der Waals surface area contributed by atoms with Gasteiger partial charge in [0.15, 0.2) is 5.96 Å². The summed E-state index contributed by atoms with van der Waals surface area (Å²) in [6, 6.07) is 18.1. The molecule has 5 nitrogen and oxygen atoms in total. The fraction of sp³-hybridized carbons (Fsp3) is 0.333. The summed E-state index contributed by atoms with van der Waals surface area (Å²) in [6.45, 7) is 6.11. The number of amides is 1. The van der Waals surface area contributed by atoms with Crippen molar-refractivity contribution in [3.8, 4) is 0 Å². The normalized spacial score (nSPS) is 10.7. The highest BCUT2D eigenvalue weighted by Gasteiger charge is 2.02. The van der Waals surface area contributed by atoms with Crippen molar-refractivity contribution in [2.75, 3.05) is 11.9 Å². The minimum Gasteiger partial charge on any atom is -0.357 e. The maximum atomic E-state index is 11.7. The number of hydrogen-bond donors (Lipinski definition) is 3. The Hall–Kier alpha value is -2.09. The average molecular weight is 480 g/mol. The minimum absolute atomic E-state index is 0. The van der Waals surface area contributed by atoms with E-state index in [2.05, 4.69) is 33.1 Å². The molecular formula is C21H29IN4O. The molecule has 0 aliphatic rings. The number of nitrogens with one attached hydrogen (secondary N) is 3. The lowest BCUT2D eigenvalue weighted by Crippen LogP contribution is -2.36. The molecule has 0 spiro atoms. The minimum atomic E-state index is 0. The monoisotopic (exact) mass is 480 g/mol. The van der Waals surface area contributed by atoms with Crippen LogP contribution in [0.25, 0.3) is 0 Å². The number of hydrogen-bond acceptors (Lipinski definition) is 2. The highest BCUT2D eigenvalue weighted by molar-refractivity contribution is 14.0. The van der Waals surface area contributed by atoms with Crippen molar-refractivity contribution in [2.45, 2.75) is 39.8 Å². The second kappa shape index (κ2) is 13.1. The lowest BCUT2D eigenvalue weighted by molar-refractivity contribution is -0.116. The number of carbonyl (C=O) groups excluding carboxylic acids is 1. The number of aliphatic imine (C=N–C) groups is 1. The highest BCUT2D eigenvalue weighted by atomic mass is 127. The van der Waals surface area contributed by atoms with Gasteiger partial charge in [0.25, 0.3) is 0 Å². The smallest absolute Gasteiger partial charge is 0.224 e. The van der Waals surface area contributed by atoms with Gasteiger partial charge in [0.05, 0.1) is 6.54 Å². The molecular weight excluding hydrogens is 451 g/mol. The Morgan fingerprint density at radius 2 is 1.70 bits per heavy atom. The Bertz CT molecular complexity index is 719. The summed E-state index contributed by atoms with van der Waals surface area (Å²) in [6.07, 6.45) is 1.38. The van der Waals surface area contributed by atoms with Crippen LogP contribution in [0.3, 0.4) is 0 Å². The molecule has 6 heteroatoms. The van der Waals surface area contributed by atoms with E-state index >= 15 is 0 Å². The number of carbonyl (C=O) groups is 1. The topological polar surface area (TPSA) is 65.5 Å². The third-order valence-corrected chi connectivity index (χ3v) is 3.75. The molecule has 0 radical (unpaired) electrons. The number of anilines is 1. The van der Waals surface area contributed by atoms with Crippen LogP contribution in [0.4, 0.5) is 5.69 Å². The van der Waals surface area contributed by atoms with Crippen LogP contribution >= 0.6 is 24.0 Å². The number of rotatable bonds is 8. The summed E-state index contributed by atoms with van der Waals surface area (Å²) >= 11 is 0. The standard InChI is InChI=1S/C21H28N4O.HI/c1-3-9-20(26)25-19-13-8-12-18(14-19)16-24-21(22-4-2)23-15-17-10-6-5-7-11-17;/h5-8,10-14H,3-4,9,15-16H2,1-2H3,(H,25,26)(H2,22,23,24);1H. The van der Waals surface area contributed by atoms with Crippen LogP contribution in [0.5, 0.6) is 0 Å². The molecule has 0 saturated carbocycles. The molecule has 0 aliphatic heterocycles. The predicted molar refractivity (Wildman–Crippen MR) is 123 cm³/mol. The molecule has 0 fully saturated rings. The van der Waals surface area contributed by atoms with E-state index in [1.165, 1.54) is 5.56 Å². The number of guanidine groups is 1. The second-order valence-electron chi connectivity index (χ2n) is 6.03. The largest absolute Gasteiger partial charge is 0.357 e. The molecule has 2 aromatic rings. The predicted octanol–water partition coefficient (Wildman–Crippen LogP) is 4.30. The van der Waals surface area contributed by atoms with Crippen LogP contribution in [0, 0.1) is 0 Å². The van der Waals surface area contributed by atoms with Crippen molar-refractivity contribution >= 4 is 41.5 Å². The van der Waals surface area contributed by atoms with Gasteiger partial charge in [-0.2, -0.15) is 0 Å². The Balaban J connectivity index is 0.00000364. The van der Waals surface area contributed by atoms with Crippen molar-refractivity contribution in [3.63, 3.8) is 0 Å². The van der Waals surface area contributed by atoms with Crippen molar-refractivity contribution in [1.29, 1.82) is 0 Å². The van der Waals surface area contributed by atoms with Gasteiger partial charge >= 0.3 is 0 Å². The van der Waals surface area contributed by atoms with E-state index in [1.807, 2.05) is 56.3 Å². The first-order valence-electron chi connectivity index (χ1n) is 9.16. The molecule has 3 N–H and O–H groups in total. The molecule has 0 aromatic heterocycles. The zero-order valence-corrected chi connectivity index (χ0v) is 18.3. The zero-order chi connectivity index (χ0) is 18.6. The van der Waals surface area contributed by atoms with Gasteiger partial charge < -0.3 is 16.0 Å². The van der Waals surface area contributed by atoms with Gasteiger partial charge in [-0.05, 0) is 36.6 Å². The summed E-state index contributed by atoms with van der Waals surface area (Å²) < 4.78 is 0. The third kappa shape index (κ3) is 8.90. The van der Waals surface area contributed by atoms with Crippen molar-refractivity contribution < 1.29 is 4.79 Å². The van der Waals surface area contributed by atoms with Gasteiger partial charge in [0.2, 0.25) is 5.91 Å². The Labute approximate surface area is 179 Å². The number of nitrogens with zero attached hydrogens (tertiary/aromatic N) is 1. The van der Waals surface area contributed by atoms with Gasteiger partial charge in [-0.25, -0.2) is 4.99 Å². The first kappa shape index (κ1) is 23.0. The van der Waals surface area contributed by atoms with E-state index in [4.69, 9.17) is 0 Å². The first-order valence-corrected chi connectivity index (χ1v) is 9.16. The lowest BCUT2D eigenvalue weighted by Gasteiger charge is -2.12. The summed E-state index contributed by atoms with van der Waals surface area (Å²) in [5.74, 6) is 0.822. The molecule has 0 bridgehead atoms. The van der Waals surface area contributed by atoms with E-state index in [0.29, 0.717) is 13.0 Å². The zero-order valence-electron chi connectivity index (χ0n) is 16.0. The Morgan fingerprint density at radius 3 is 2.41 bits per heavy atom. The first-order chi connectivity index (χ1) is 12.7.